The number of carbonyl (C=O) groups is 1. The van der Waals surface area contributed by atoms with Crippen molar-refractivity contribution in [2.24, 2.45) is 0 Å². The predicted octanol–water partition coefficient (Wildman–Crippen LogP) is 4.97. The van der Waals surface area contributed by atoms with Crippen LogP contribution >= 0.6 is 15.9 Å². The van der Waals surface area contributed by atoms with E-state index in [-0.39, 0.29) is 6.61 Å². The molecule has 5 heteroatoms. The molecule has 3 aromatic carbocycles. The molecule has 4 nitrogen and oxygen atoms in total. The normalized spacial score (nSPS) is 10.3. The van der Waals surface area contributed by atoms with E-state index in [2.05, 4.69) is 15.9 Å². The molecule has 3 rings (SSSR count). The molecule has 3 aromatic rings. The van der Waals surface area contributed by atoms with Crippen LogP contribution in [0.5, 0.6) is 5.75 Å². The minimum atomic E-state index is -0.476. The minimum absolute atomic E-state index is 0.188. The van der Waals surface area contributed by atoms with Crippen molar-refractivity contribution in [1.29, 1.82) is 0 Å². The van der Waals surface area contributed by atoms with E-state index < -0.39 is 5.97 Å². The summed E-state index contributed by atoms with van der Waals surface area (Å²) in [5, 5.41) is 0. The summed E-state index contributed by atoms with van der Waals surface area (Å²) in [6.07, 6.45) is 0. The first kappa shape index (κ1) is 18.0. The molecule has 0 spiro atoms. The quantitative estimate of drug-likeness (QED) is 0.459. The molecule has 0 saturated heterocycles. The Kier molecular flexibility index (Phi) is 5.92. The zero-order valence-electron chi connectivity index (χ0n) is 14.0. The summed E-state index contributed by atoms with van der Waals surface area (Å²) in [6.45, 7) is 0.532. The van der Waals surface area contributed by atoms with Crippen LogP contribution in [0.25, 0.3) is 0 Å². The number of hydrogen-bond acceptors (Lipinski definition) is 4. The lowest BCUT2D eigenvalue weighted by atomic mass is 10.1. The molecule has 0 aliphatic rings. The van der Waals surface area contributed by atoms with Crippen LogP contribution in [0.4, 0.5) is 5.69 Å². The van der Waals surface area contributed by atoms with E-state index in [9.17, 15) is 4.79 Å². The minimum Gasteiger partial charge on any atom is -0.488 e. The number of carbonyl (C=O) groups excluding carboxylic acids is 1. The van der Waals surface area contributed by atoms with E-state index in [1.807, 2.05) is 60.7 Å². The lowest BCUT2D eigenvalue weighted by Gasteiger charge is -2.13. The fourth-order valence-corrected chi connectivity index (χ4v) is 2.71. The largest absolute Gasteiger partial charge is 0.488 e. The molecule has 0 bridgehead atoms. The first-order valence-corrected chi connectivity index (χ1v) is 8.89. The van der Waals surface area contributed by atoms with E-state index >= 15 is 0 Å². The summed E-state index contributed by atoms with van der Waals surface area (Å²) < 4.78 is 11.9. The Bertz CT molecular complexity index is 883. The Balaban J connectivity index is 1.76. The molecule has 0 unspecified atom stereocenters. The van der Waals surface area contributed by atoms with Crippen molar-refractivity contribution in [2.45, 2.75) is 13.2 Å². The number of hydrogen-bond donors (Lipinski definition) is 1. The second kappa shape index (κ2) is 8.54. The Labute approximate surface area is 160 Å². The Morgan fingerprint density at radius 1 is 0.885 bits per heavy atom. The topological polar surface area (TPSA) is 61.6 Å². The molecule has 26 heavy (non-hydrogen) atoms. The fourth-order valence-electron chi connectivity index (χ4n) is 2.39. The van der Waals surface area contributed by atoms with Gasteiger partial charge >= 0.3 is 5.97 Å². The smallest absolute Gasteiger partial charge is 0.342 e. The fraction of sp³-hybridized carbons (Fsp3) is 0.0952. The van der Waals surface area contributed by atoms with Gasteiger partial charge in [0.1, 0.15) is 24.5 Å². The molecule has 0 atom stereocenters. The average Bonchev–Trinajstić information content (AvgIpc) is 2.68. The molecular weight excluding hydrogens is 394 g/mol. The maximum Gasteiger partial charge on any atom is 0.342 e. The molecule has 0 radical (unpaired) electrons. The van der Waals surface area contributed by atoms with Crippen LogP contribution in [0.15, 0.2) is 77.3 Å². The standard InChI is InChI=1S/C21H18BrNO3/c22-18-12-20(25-13-15-7-3-1-4-8-15)17(11-19(18)23)21(24)26-14-16-9-5-2-6-10-16/h1-12H,13-14,23H2. The zero-order valence-corrected chi connectivity index (χ0v) is 15.6. The molecule has 0 fully saturated rings. The summed E-state index contributed by atoms with van der Waals surface area (Å²) in [6, 6.07) is 22.5. The summed E-state index contributed by atoms with van der Waals surface area (Å²) in [7, 11) is 0. The number of halogens is 1. The van der Waals surface area contributed by atoms with Gasteiger partial charge in [-0.1, -0.05) is 60.7 Å². The number of esters is 1. The van der Waals surface area contributed by atoms with Crippen LogP contribution < -0.4 is 10.5 Å². The van der Waals surface area contributed by atoms with Gasteiger partial charge in [-0.3, -0.25) is 0 Å². The Morgan fingerprint density at radius 3 is 2.08 bits per heavy atom. The van der Waals surface area contributed by atoms with Crippen LogP contribution in [0.3, 0.4) is 0 Å². The number of nitrogen functional groups attached to an aromatic ring is 1. The molecule has 0 aliphatic heterocycles. The maximum absolute atomic E-state index is 12.5. The van der Waals surface area contributed by atoms with Crippen molar-refractivity contribution in [3.05, 3.63) is 94.0 Å². The van der Waals surface area contributed by atoms with E-state index in [1.54, 1.807) is 12.1 Å². The zero-order chi connectivity index (χ0) is 18.4. The van der Waals surface area contributed by atoms with Crippen molar-refractivity contribution in [3.63, 3.8) is 0 Å². The molecule has 0 amide bonds. The van der Waals surface area contributed by atoms with E-state index in [4.69, 9.17) is 15.2 Å². The molecule has 132 valence electrons. The average molecular weight is 412 g/mol. The van der Waals surface area contributed by atoms with Gasteiger partial charge < -0.3 is 15.2 Å². The Morgan fingerprint density at radius 2 is 1.46 bits per heavy atom. The van der Waals surface area contributed by atoms with Crippen LogP contribution in [0.1, 0.15) is 21.5 Å². The molecule has 0 aliphatic carbocycles. The van der Waals surface area contributed by atoms with Crippen molar-refractivity contribution < 1.29 is 14.3 Å². The summed E-state index contributed by atoms with van der Waals surface area (Å²) >= 11 is 3.37. The predicted molar refractivity (Wildman–Crippen MR) is 105 cm³/mol. The first-order valence-electron chi connectivity index (χ1n) is 8.10. The highest BCUT2D eigenvalue weighted by Crippen LogP contribution is 2.30. The monoisotopic (exact) mass is 411 g/mol. The van der Waals surface area contributed by atoms with E-state index in [0.717, 1.165) is 11.1 Å². The lowest BCUT2D eigenvalue weighted by molar-refractivity contribution is 0.0467. The maximum atomic E-state index is 12.5. The van der Waals surface area contributed by atoms with Gasteiger partial charge in [-0.2, -0.15) is 0 Å². The number of nitrogens with two attached hydrogens (primary N) is 1. The lowest BCUT2D eigenvalue weighted by Crippen LogP contribution is -2.09. The summed E-state index contributed by atoms with van der Waals surface area (Å²) in [5.41, 5.74) is 8.60. The number of anilines is 1. The second-order valence-corrected chi connectivity index (χ2v) is 6.56. The number of ether oxygens (including phenoxy) is 2. The molecule has 0 aromatic heterocycles. The van der Waals surface area contributed by atoms with E-state index in [0.29, 0.717) is 28.1 Å². The first-order chi connectivity index (χ1) is 12.6. The third-order valence-electron chi connectivity index (χ3n) is 3.77. The van der Waals surface area contributed by atoms with Gasteiger partial charge in [0.2, 0.25) is 0 Å². The van der Waals surface area contributed by atoms with Crippen LogP contribution in [0, 0.1) is 0 Å². The van der Waals surface area contributed by atoms with Gasteiger partial charge in [0.25, 0.3) is 0 Å². The van der Waals surface area contributed by atoms with Crippen LogP contribution in [-0.4, -0.2) is 5.97 Å². The summed E-state index contributed by atoms with van der Waals surface area (Å²) in [5.74, 6) is -0.0518. The highest BCUT2D eigenvalue weighted by atomic mass is 79.9. The van der Waals surface area contributed by atoms with Crippen LogP contribution in [0.2, 0.25) is 0 Å². The van der Waals surface area contributed by atoms with Crippen LogP contribution in [-0.2, 0) is 18.0 Å². The Hall–Kier alpha value is -2.79. The highest BCUT2D eigenvalue weighted by molar-refractivity contribution is 9.10. The SMILES string of the molecule is Nc1cc(C(=O)OCc2ccccc2)c(OCc2ccccc2)cc1Br. The van der Waals surface area contributed by atoms with Gasteiger partial charge in [-0.05, 0) is 39.2 Å². The van der Waals surface area contributed by atoms with Crippen molar-refractivity contribution >= 4 is 27.6 Å². The third-order valence-corrected chi connectivity index (χ3v) is 4.46. The summed E-state index contributed by atoms with van der Waals surface area (Å²) in [4.78, 5) is 12.5. The molecular formula is C21H18BrNO3. The second-order valence-electron chi connectivity index (χ2n) is 5.71. The van der Waals surface area contributed by atoms with Gasteiger partial charge in [0.15, 0.2) is 0 Å². The van der Waals surface area contributed by atoms with Gasteiger partial charge in [0, 0.05) is 10.2 Å². The van der Waals surface area contributed by atoms with Gasteiger partial charge in [-0.25, -0.2) is 4.79 Å². The number of rotatable bonds is 6. The van der Waals surface area contributed by atoms with Crippen molar-refractivity contribution in [2.75, 3.05) is 5.73 Å². The number of benzene rings is 3. The molecule has 0 saturated carbocycles. The molecule has 2 N–H and O–H groups in total. The molecule has 0 heterocycles. The van der Waals surface area contributed by atoms with Gasteiger partial charge in [-0.15, -0.1) is 0 Å². The van der Waals surface area contributed by atoms with Crippen molar-refractivity contribution in [3.8, 4) is 5.75 Å². The highest BCUT2D eigenvalue weighted by Gasteiger charge is 2.17. The van der Waals surface area contributed by atoms with Gasteiger partial charge in [0.05, 0.1) is 0 Å². The van der Waals surface area contributed by atoms with E-state index in [1.165, 1.54) is 0 Å². The van der Waals surface area contributed by atoms with Crippen molar-refractivity contribution in [1.82, 2.24) is 0 Å². The third kappa shape index (κ3) is 4.64.